The number of nitrogens with one attached hydrogen (secondary N) is 2. The van der Waals surface area contributed by atoms with E-state index in [-0.39, 0.29) is 17.6 Å². The van der Waals surface area contributed by atoms with Gasteiger partial charge in [0.2, 0.25) is 11.8 Å². The predicted octanol–water partition coefficient (Wildman–Crippen LogP) is -1.22. The summed E-state index contributed by atoms with van der Waals surface area (Å²) in [6, 6.07) is -0.661. The summed E-state index contributed by atoms with van der Waals surface area (Å²) in [6.45, 7) is 1.29. The van der Waals surface area contributed by atoms with E-state index in [2.05, 4.69) is 15.6 Å². The number of nitrogens with two attached hydrogens (primary N) is 1. The molecule has 98 valence electrons. The topological polar surface area (TPSA) is 111 Å². The Kier molecular flexibility index (Phi) is 8.16. The molecule has 17 heavy (non-hydrogen) atoms. The first-order chi connectivity index (χ1) is 7.97. The van der Waals surface area contributed by atoms with Crippen LogP contribution in [0.3, 0.4) is 0 Å². The van der Waals surface area contributed by atoms with Crippen molar-refractivity contribution in [2.45, 2.75) is 19.4 Å². The molecule has 8 heteroatoms. The van der Waals surface area contributed by atoms with Crippen LogP contribution in [0.4, 0.5) is 0 Å². The summed E-state index contributed by atoms with van der Waals surface area (Å²) in [5.41, 5.74) is 9.89. The Morgan fingerprint density at radius 1 is 1.35 bits per heavy atom. The minimum atomic E-state index is -0.661. The number of carbonyl (C=O) groups excluding carboxylic acids is 3. The van der Waals surface area contributed by atoms with Crippen LogP contribution in [0.5, 0.6) is 0 Å². The third-order valence-corrected chi connectivity index (χ3v) is 2.68. The van der Waals surface area contributed by atoms with Crippen molar-refractivity contribution in [1.29, 1.82) is 0 Å². The van der Waals surface area contributed by atoms with Crippen LogP contribution in [0, 0.1) is 0 Å². The zero-order chi connectivity index (χ0) is 13.3. The number of hydrazine groups is 1. The normalized spacial score (nSPS) is 11.5. The lowest BCUT2D eigenvalue weighted by molar-refractivity contribution is -0.142. The molecule has 0 heterocycles. The molecule has 4 N–H and O–H groups in total. The molecule has 1 atom stereocenters. The van der Waals surface area contributed by atoms with E-state index in [9.17, 15) is 14.4 Å². The first-order valence-corrected chi connectivity index (χ1v) is 6.09. The maximum Gasteiger partial charge on any atom is 0.322 e. The highest BCUT2D eigenvalue weighted by atomic mass is 32.2. The van der Waals surface area contributed by atoms with Gasteiger partial charge in [-0.1, -0.05) is 0 Å². The van der Waals surface area contributed by atoms with Gasteiger partial charge in [-0.05, 0) is 12.2 Å². The summed E-state index contributed by atoms with van der Waals surface area (Å²) >= 11 is 1.32. The maximum atomic E-state index is 11.1. The minimum absolute atomic E-state index is 0.189. The van der Waals surface area contributed by atoms with Gasteiger partial charge < -0.3 is 10.5 Å². The Balaban J connectivity index is 3.54. The van der Waals surface area contributed by atoms with Crippen LogP contribution in [0.1, 0.15) is 13.3 Å². The molecule has 0 saturated heterocycles. The number of thioether (sulfide) groups is 1. The summed E-state index contributed by atoms with van der Waals surface area (Å²) in [4.78, 5) is 32.5. The summed E-state index contributed by atoms with van der Waals surface area (Å²) < 4.78 is 4.46. The number of methoxy groups -OCH3 is 1. The second-order valence-electron chi connectivity index (χ2n) is 3.20. The predicted molar refractivity (Wildman–Crippen MR) is 63.9 cm³/mol. The van der Waals surface area contributed by atoms with Crippen molar-refractivity contribution in [2.24, 2.45) is 5.73 Å². The molecule has 0 aromatic heterocycles. The molecule has 0 fully saturated rings. The zero-order valence-electron chi connectivity index (χ0n) is 9.82. The van der Waals surface area contributed by atoms with Gasteiger partial charge >= 0.3 is 5.97 Å². The van der Waals surface area contributed by atoms with Crippen molar-refractivity contribution in [1.82, 2.24) is 10.9 Å². The zero-order valence-corrected chi connectivity index (χ0v) is 10.6. The van der Waals surface area contributed by atoms with Gasteiger partial charge in [0, 0.05) is 6.92 Å². The molecule has 0 bridgehead atoms. The third kappa shape index (κ3) is 8.52. The number of carbonyl (C=O) groups is 3. The summed E-state index contributed by atoms with van der Waals surface area (Å²) in [6.07, 6.45) is 0.435. The number of ether oxygens (including phenoxy) is 1. The van der Waals surface area contributed by atoms with Gasteiger partial charge in [-0.2, -0.15) is 11.8 Å². The van der Waals surface area contributed by atoms with Gasteiger partial charge in [-0.3, -0.25) is 25.2 Å². The second kappa shape index (κ2) is 8.82. The van der Waals surface area contributed by atoms with E-state index in [1.165, 1.54) is 25.8 Å². The number of amides is 2. The molecule has 2 amide bonds. The van der Waals surface area contributed by atoms with Crippen molar-refractivity contribution >= 4 is 29.5 Å². The quantitative estimate of drug-likeness (QED) is 0.315. The highest BCUT2D eigenvalue weighted by Gasteiger charge is 2.13. The van der Waals surface area contributed by atoms with Crippen LogP contribution < -0.4 is 16.6 Å². The van der Waals surface area contributed by atoms with Gasteiger partial charge in [-0.25, -0.2) is 0 Å². The molecular formula is C9H17N3O4S. The molecule has 0 aromatic carbocycles. The number of hydrogen-bond donors (Lipinski definition) is 3. The minimum Gasteiger partial charge on any atom is -0.468 e. The Bertz CT molecular complexity index is 285. The average Bonchev–Trinajstić information content (AvgIpc) is 2.30. The van der Waals surface area contributed by atoms with Gasteiger partial charge in [-0.15, -0.1) is 0 Å². The van der Waals surface area contributed by atoms with Crippen molar-refractivity contribution in [3.8, 4) is 0 Å². The molecule has 0 rings (SSSR count). The standard InChI is InChI=1S/C9H17N3O4S/c1-6(13)11-12-8(14)5-17-4-3-7(10)9(15)16-2/h7H,3-5,10H2,1-2H3,(H,11,13)(H,12,14). The number of rotatable bonds is 6. The first-order valence-electron chi connectivity index (χ1n) is 4.94. The Labute approximate surface area is 104 Å². The summed E-state index contributed by atoms with van der Waals surface area (Å²) in [5.74, 6) is -0.362. The van der Waals surface area contributed by atoms with Crippen LogP contribution in [0.15, 0.2) is 0 Å². The molecule has 0 saturated carbocycles. The third-order valence-electron chi connectivity index (χ3n) is 1.69. The largest absolute Gasteiger partial charge is 0.468 e. The SMILES string of the molecule is COC(=O)C(N)CCSCC(=O)NNC(C)=O. The Hall–Kier alpha value is -1.28. The molecule has 0 aliphatic rings. The van der Waals surface area contributed by atoms with E-state index < -0.39 is 12.0 Å². The lowest BCUT2D eigenvalue weighted by Gasteiger charge is -2.08. The fourth-order valence-electron chi connectivity index (χ4n) is 0.838. The lowest BCUT2D eigenvalue weighted by Crippen LogP contribution is -2.41. The van der Waals surface area contributed by atoms with Crippen molar-refractivity contribution in [2.75, 3.05) is 18.6 Å². The second-order valence-corrected chi connectivity index (χ2v) is 4.31. The average molecular weight is 263 g/mol. The lowest BCUT2D eigenvalue weighted by atomic mass is 10.2. The maximum absolute atomic E-state index is 11.1. The van der Waals surface area contributed by atoms with Gasteiger partial charge in [0.1, 0.15) is 6.04 Å². The van der Waals surface area contributed by atoms with E-state index in [1.54, 1.807) is 0 Å². The van der Waals surface area contributed by atoms with E-state index >= 15 is 0 Å². The van der Waals surface area contributed by atoms with E-state index in [4.69, 9.17) is 5.73 Å². The smallest absolute Gasteiger partial charge is 0.322 e. The van der Waals surface area contributed by atoms with Gasteiger partial charge in [0.15, 0.2) is 0 Å². The van der Waals surface area contributed by atoms with Crippen molar-refractivity contribution in [3.63, 3.8) is 0 Å². The number of hydrogen-bond acceptors (Lipinski definition) is 6. The summed E-state index contributed by atoms with van der Waals surface area (Å²) in [5, 5.41) is 0. The molecule has 0 aromatic rings. The van der Waals surface area contributed by atoms with Gasteiger partial charge in [0.05, 0.1) is 12.9 Å². The van der Waals surface area contributed by atoms with Crippen molar-refractivity contribution < 1.29 is 19.1 Å². The number of esters is 1. The van der Waals surface area contributed by atoms with Crippen LogP contribution >= 0.6 is 11.8 Å². The van der Waals surface area contributed by atoms with Crippen LogP contribution in [0.25, 0.3) is 0 Å². The fourth-order valence-corrected chi connectivity index (χ4v) is 1.66. The van der Waals surface area contributed by atoms with Crippen molar-refractivity contribution in [3.05, 3.63) is 0 Å². The van der Waals surface area contributed by atoms with E-state index in [0.29, 0.717) is 12.2 Å². The molecule has 7 nitrogen and oxygen atoms in total. The van der Waals surface area contributed by atoms with E-state index in [0.717, 1.165) is 0 Å². The highest BCUT2D eigenvalue weighted by molar-refractivity contribution is 7.99. The van der Waals surface area contributed by atoms with Crippen LogP contribution in [0.2, 0.25) is 0 Å². The highest BCUT2D eigenvalue weighted by Crippen LogP contribution is 2.04. The molecule has 0 aliphatic carbocycles. The fraction of sp³-hybridized carbons (Fsp3) is 0.667. The molecule has 1 unspecified atom stereocenters. The molecule has 0 spiro atoms. The Morgan fingerprint density at radius 2 is 2.00 bits per heavy atom. The summed E-state index contributed by atoms with van der Waals surface area (Å²) in [7, 11) is 1.27. The monoisotopic (exact) mass is 263 g/mol. The van der Waals surface area contributed by atoms with Crippen LogP contribution in [-0.4, -0.2) is 42.4 Å². The molecule has 0 aliphatic heterocycles. The molecular weight excluding hydrogens is 246 g/mol. The molecule has 0 radical (unpaired) electrons. The van der Waals surface area contributed by atoms with Gasteiger partial charge in [0.25, 0.3) is 0 Å². The van der Waals surface area contributed by atoms with Crippen LogP contribution in [-0.2, 0) is 19.1 Å². The first kappa shape index (κ1) is 15.7. The Morgan fingerprint density at radius 3 is 2.53 bits per heavy atom. The van der Waals surface area contributed by atoms with E-state index in [1.807, 2.05) is 0 Å².